The molecule has 1 nitrogen and oxygen atoms in total. The Labute approximate surface area is 294 Å². The fourth-order valence-corrected chi connectivity index (χ4v) is 9.44. The highest BCUT2D eigenvalue weighted by Crippen LogP contribution is 2.49. The molecule has 1 aliphatic rings. The number of rotatable bonds is 3. The fourth-order valence-electron chi connectivity index (χ4n) is 8.32. The minimum atomic E-state index is 1.17. The highest BCUT2D eigenvalue weighted by Gasteiger charge is 2.21. The largest absolute Gasteiger partial charge is 0.308 e. The van der Waals surface area contributed by atoms with Crippen LogP contribution >= 0.6 is 11.8 Å². The third-order valence-corrected chi connectivity index (χ3v) is 11.7. The highest BCUT2D eigenvalue weighted by molar-refractivity contribution is 7.99. The maximum absolute atomic E-state index is 2.49. The van der Waals surface area contributed by atoms with Crippen LogP contribution in [0.5, 0.6) is 0 Å². The minimum absolute atomic E-state index is 1.17. The Kier molecular flexibility index (Phi) is 5.96. The van der Waals surface area contributed by atoms with Gasteiger partial charge in [-0.3, -0.25) is 0 Å². The first-order valence-corrected chi connectivity index (χ1v) is 18.0. The molecule has 11 rings (SSSR count). The Morgan fingerprint density at radius 1 is 0.340 bits per heavy atom. The van der Waals surface area contributed by atoms with Gasteiger partial charge < -0.3 is 4.57 Å². The predicted molar refractivity (Wildman–Crippen MR) is 214 cm³/mol. The van der Waals surface area contributed by atoms with E-state index in [0.717, 1.165) is 0 Å². The summed E-state index contributed by atoms with van der Waals surface area (Å²) in [6.07, 6.45) is 0. The molecule has 0 spiro atoms. The molecular weight excluding hydrogens is 623 g/mol. The first-order valence-electron chi connectivity index (χ1n) is 17.2. The van der Waals surface area contributed by atoms with Crippen LogP contribution in [0.15, 0.2) is 186 Å². The van der Waals surface area contributed by atoms with E-state index in [2.05, 4.69) is 180 Å². The van der Waals surface area contributed by atoms with Crippen LogP contribution in [0, 0.1) is 0 Å². The predicted octanol–water partition coefficient (Wildman–Crippen LogP) is 13.7. The fraction of sp³-hybridized carbons (Fsp3) is 0. The minimum Gasteiger partial charge on any atom is -0.308 e. The van der Waals surface area contributed by atoms with Gasteiger partial charge in [-0.1, -0.05) is 145 Å². The maximum atomic E-state index is 2.49. The standard InChI is InChI=1S/C48H29NS/c1-2-16-35(17-3-1)49-47-36-18-5-4-11-30(36)23-25-40(47)43-29-41(37-19-6-7-20-39(37)48(43)49)34-15-8-14-32(27-34)33-24-26-44-42(28-33)38-21-9-12-31-13-10-22-45(50-44)46(31)38/h1-29H. The molecule has 0 aliphatic carbocycles. The zero-order chi connectivity index (χ0) is 32.8. The van der Waals surface area contributed by atoms with Crippen LogP contribution in [-0.4, -0.2) is 4.57 Å². The summed E-state index contributed by atoms with van der Waals surface area (Å²) in [6, 6.07) is 65.0. The van der Waals surface area contributed by atoms with Crippen LogP contribution < -0.4 is 0 Å². The van der Waals surface area contributed by atoms with E-state index in [-0.39, 0.29) is 0 Å². The molecule has 0 radical (unpaired) electrons. The molecule has 0 N–H and O–H groups in total. The van der Waals surface area contributed by atoms with Crippen LogP contribution in [0.25, 0.3) is 93.2 Å². The quantitative estimate of drug-likeness (QED) is 0.184. The molecule has 9 aromatic carbocycles. The molecule has 10 aromatic rings. The van der Waals surface area contributed by atoms with E-state index in [1.807, 2.05) is 11.8 Å². The van der Waals surface area contributed by atoms with Crippen molar-refractivity contribution in [2.75, 3.05) is 0 Å². The van der Waals surface area contributed by atoms with Crippen LogP contribution in [-0.2, 0) is 0 Å². The van der Waals surface area contributed by atoms with E-state index < -0.39 is 0 Å². The lowest BCUT2D eigenvalue weighted by Crippen LogP contribution is -1.95. The smallest absolute Gasteiger partial charge is 0.0620 e. The summed E-state index contributed by atoms with van der Waals surface area (Å²) in [5, 5.41) is 10.2. The summed E-state index contributed by atoms with van der Waals surface area (Å²) < 4.78 is 2.49. The van der Waals surface area contributed by atoms with Crippen LogP contribution in [0.4, 0.5) is 0 Å². The second-order valence-electron chi connectivity index (χ2n) is 13.3. The van der Waals surface area contributed by atoms with Crippen molar-refractivity contribution in [2.45, 2.75) is 9.79 Å². The topological polar surface area (TPSA) is 4.93 Å². The summed E-state index contributed by atoms with van der Waals surface area (Å²) in [6.45, 7) is 0. The number of aromatic nitrogens is 1. The lowest BCUT2D eigenvalue weighted by molar-refractivity contribution is 1.19. The van der Waals surface area contributed by atoms with Crippen molar-refractivity contribution in [3.05, 3.63) is 176 Å². The molecule has 0 saturated carbocycles. The molecule has 0 fully saturated rings. The second-order valence-corrected chi connectivity index (χ2v) is 14.4. The van der Waals surface area contributed by atoms with E-state index in [1.165, 1.54) is 103 Å². The zero-order valence-corrected chi connectivity index (χ0v) is 27.9. The van der Waals surface area contributed by atoms with Crippen molar-refractivity contribution in [2.24, 2.45) is 0 Å². The van der Waals surface area contributed by atoms with E-state index in [9.17, 15) is 0 Å². The summed E-state index contributed by atoms with van der Waals surface area (Å²) in [5.41, 5.74) is 11.3. The summed E-state index contributed by atoms with van der Waals surface area (Å²) in [7, 11) is 0. The first-order chi connectivity index (χ1) is 24.8. The van der Waals surface area contributed by atoms with Gasteiger partial charge in [0.15, 0.2) is 0 Å². The first kappa shape index (κ1) is 27.8. The molecule has 50 heavy (non-hydrogen) atoms. The van der Waals surface area contributed by atoms with Crippen molar-refractivity contribution in [1.29, 1.82) is 0 Å². The molecule has 232 valence electrons. The molecule has 0 unspecified atom stereocenters. The van der Waals surface area contributed by atoms with Gasteiger partial charge in [0, 0.05) is 42.4 Å². The van der Waals surface area contributed by atoms with Gasteiger partial charge in [-0.25, -0.2) is 0 Å². The summed E-state index contributed by atoms with van der Waals surface area (Å²) in [5.74, 6) is 0. The van der Waals surface area contributed by atoms with Gasteiger partial charge in [-0.05, 0) is 92.0 Å². The van der Waals surface area contributed by atoms with Gasteiger partial charge in [0.05, 0.1) is 11.0 Å². The van der Waals surface area contributed by atoms with Crippen molar-refractivity contribution in [3.8, 4) is 39.1 Å². The molecule has 2 heteroatoms. The summed E-state index contributed by atoms with van der Waals surface area (Å²) >= 11 is 1.88. The Hall–Kier alpha value is -6.09. The van der Waals surface area contributed by atoms with Gasteiger partial charge in [0.25, 0.3) is 0 Å². The van der Waals surface area contributed by atoms with Gasteiger partial charge >= 0.3 is 0 Å². The third-order valence-electron chi connectivity index (χ3n) is 10.5. The Morgan fingerprint density at radius 2 is 1.02 bits per heavy atom. The van der Waals surface area contributed by atoms with E-state index >= 15 is 0 Å². The molecule has 1 aromatic heterocycles. The molecule has 0 bridgehead atoms. The number of nitrogens with zero attached hydrogens (tertiary/aromatic N) is 1. The number of hydrogen-bond donors (Lipinski definition) is 0. The highest BCUT2D eigenvalue weighted by atomic mass is 32.2. The molecule has 1 aliphatic heterocycles. The Morgan fingerprint density at radius 3 is 1.92 bits per heavy atom. The monoisotopic (exact) mass is 651 g/mol. The molecule has 0 saturated heterocycles. The SMILES string of the molecule is c1ccc(-n2c3c4ccccc4ccc3c3cc(-c4cccc(-c5ccc6c(c5)-c5cccc7cccc(c57)S6)c4)c4ccccc4c32)cc1. The molecular formula is C48H29NS. The average Bonchev–Trinajstić information content (AvgIpc) is 3.53. The van der Waals surface area contributed by atoms with Gasteiger partial charge in [-0.2, -0.15) is 0 Å². The van der Waals surface area contributed by atoms with Crippen LogP contribution in [0.3, 0.4) is 0 Å². The lowest BCUT2D eigenvalue weighted by atomic mass is 9.91. The van der Waals surface area contributed by atoms with Crippen molar-refractivity contribution >= 4 is 65.9 Å². The van der Waals surface area contributed by atoms with Crippen molar-refractivity contribution in [3.63, 3.8) is 0 Å². The van der Waals surface area contributed by atoms with E-state index in [4.69, 9.17) is 0 Å². The number of hydrogen-bond acceptors (Lipinski definition) is 1. The van der Waals surface area contributed by atoms with Gasteiger partial charge in [0.2, 0.25) is 0 Å². The molecule has 0 atom stereocenters. The van der Waals surface area contributed by atoms with Gasteiger partial charge in [-0.15, -0.1) is 0 Å². The number of fused-ring (bicyclic) bond motifs is 9. The van der Waals surface area contributed by atoms with E-state index in [0.29, 0.717) is 0 Å². The van der Waals surface area contributed by atoms with E-state index in [1.54, 1.807) is 0 Å². The normalized spacial score (nSPS) is 12.3. The Bertz CT molecular complexity index is 3000. The Balaban J connectivity index is 1.15. The van der Waals surface area contributed by atoms with Crippen LogP contribution in [0.2, 0.25) is 0 Å². The van der Waals surface area contributed by atoms with Crippen molar-refractivity contribution < 1.29 is 0 Å². The zero-order valence-electron chi connectivity index (χ0n) is 27.1. The molecule has 0 amide bonds. The molecule has 2 heterocycles. The summed E-state index contributed by atoms with van der Waals surface area (Å²) in [4.78, 5) is 2.65. The van der Waals surface area contributed by atoms with Gasteiger partial charge in [0.1, 0.15) is 0 Å². The lowest BCUT2D eigenvalue weighted by Gasteiger charge is -2.21. The third kappa shape index (κ3) is 4.03. The average molecular weight is 652 g/mol. The maximum Gasteiger partial charge on any atom is 0.0620 e. The number of benzene rings is 9. The van der Waals surface area contributed by atoms with Crippen LogP contribution in [0.1, 0.15) is 0 Å². The number of para-hydroxylation sites is 1. The second kappa shape index (κ2) is 10.7. The van der Waals surface area contributed by atoms with Crippen molar-refractivity contribution in [1.82, 2.24) is 4.57 Å².